The fourth-order valence-corrected chi connectivity index (χ4v) is 8.75. The highest BCUT2D eigenvalue weighted by Crippen LogP contribution is 2.40. The molecule has 0 amide bonds. The maximum absolute atomic E-state index is 6.08. The minimum absolute atomic E-state index is 0.919. The first-order valence-electron chi connectivity index (χ1n) is 17.2. The van der Waals surface area contributed by atoms with Crippen molar-refractivity contribution in [2.45, 2.75) is 0 Å². The molecule has 0 spiro atoms. The Morgan fingerprint density at radius 3 is 1.14 bits per heavy atom. The van der Waals surface area contributed by atoms with Gasteiger partial charge in [0.25, 0.3) is 0 Å². The molecule has 0 aliphatic heterocycles. The van der Waals surface area contributed by atoms with Gasteiger partial charge in [0, 0.05) is 41.7 Å². The lowest BCUT2D eigenvalue weighted by molar-refractivity contribution is 0.668. The van der Waals surface area contributed by atoms with Crippen molar-refractivity contribution < 1.29 is 8.83 Å². The number of para-hydroxylation sites is 2. The van der Waals surface area contributed by atoms with Crippen LogP contribution in [0.15, 0.2) is 179 Å². The number of benzene rings is 8. The maximum atomic E-state index is 6.08. The summed E-state index contributed by atoms with van der Waals surface area (Å²) < 4.78 is 14.7. The summed E-state index contributed by atoms with van der Waals surface area (Å²) in [5.74, 6) is 0. The smallest absolute Gasteiger partial charge is 0.135 e. The number of hydrogen-bond donors (Lipinski definition) is 0. The first-order valence-corrected chi connectivity index (χ1v) is 18.0. The Kier molecular flexibility index (Phi) is 6.16. The Morgan fingerprint density at radius 1 is 0.255 bits per heavy atom. The van der Waals surface area contributed by atoms with Gasteiger partial charge >= 0.3 is 0 Å². The maximum Gasteiger partial charge on any atom is 0.135 e. The SMILES string of the molecule is c1cc(-c2ccc3oc4ccccc4c3c2)cc(-c2ccc3sc4ccc(-c5ccc(-c6ccc7oc8ccccc8c7c6)cc5)cc4c3c2)c1. The van der Waals surface area contributed by atoms with E-state index in [0.29, 0.717) is 0 Å². The van der Waals surface area contributed by atoms with Crippen molar-refractivity contribution in [2.24, 2.45) is 0 Å². The van der Waals surface area contributed by atoms with Crippen molar-refractivity contribution in [3.63, 3.8) is 0 Å². The lowest BCUT2D eigenvalue weighted by Gasteiger charge is -2.08. The van der Waals surface area contributed by atoms with Crippen LogP contribution in [0.25, 0.3) is 109 Å². The first-order chi connectivity index (χ1) is 25.2. The van der Waals surface area contributed by atoms with Gasteiger partial charge in [-0.1, -0.05) is 103 Å². The minimum Gasteiger partial charge on any atom is -0.456 e. The van der Waals surface area contributed by atoms with E-state index in [4.69, 9.17) is 8.83 Å². The van der Waals surface area contributed by atoms with Crippen LogP contribution in [0.4, 0.5) is 0 Å². The van der Waals surface area contributed by atoms with Crippen molar-refractivity contribution in [3.8, 4) is 44.5 Å². The second-order valence-electron chi connectivity index (χ2n) is 13.3. The fourth-order valence-electron chi connectivity index (χ4n) is 7.68. The largest absolute Gasteiger partial charge is 0.456 e. The van der Waals surface area contributed by atoms with Crippen LogP contribution < -0.4 is 0 Å². The van der Waals surface area contributed by atoms with Crippen LogP contribution in [0, 0.1) is 0 Å². The normalized spacial score (nSPS) is 11.9. The van der Waals surface area contributed by atoms with E-state index in [1.165, 1.54) is 64.7 Å². The second kappa shape index (κ2) is 11.0. The highest BCUT2D eigenvalue weighted by molar-refractivity contribution is 7.25. The van der Waals surface area contributed by atoms with Gasteiger partial charge in [0.2, 0.25) is 0 Å². The molecule has 0 atom stereocenters. The van der Waals surface area contributed by atoms with Gasteiger partial charge in [0.1, 0.15) is 22.3 Å². The Balaban J connectivity index is 0.935. The van der Waals surface area contributed by atoms with Crippen molar-refractivity contribution in [2.75, 3.05) is 0 Å². The van der Waals surface area contributed by atoms with Crippen molar-refractivity contribution in [1.82, 2.24) is 0 Å². The van der Waals surface area contributed by atoms with Gasteiger partial charge in [-0.25, -0.2) is 0 Å². The Morgan fingerprint density at radius 2 is 0.627 bits per heavy atom. The molecule has 0 bridgehead atoms. The van der Waals surface area contributed by atoms with Crippen molar-refractivity contribution in [3.05, 3.63) is 170 Å². The standard InChI is InChI=1S/C48H28O2S/c1-3-10-43-37(8-1)39-25-33(16-20-45(39)49-43)29-12-14-30(15-13-29)34-18-22-47-41(27-34)42-28-36(19-23-48(42)51-47)32-7-5-6-31(24-32)35-17-21-46-40(26-35)38-9-2-4-11-44(38)50-46/h1-28H. The number of rotatable bonds is 4. The summed E-state index contributed by atoms with van der Waals surface area (Å²) in [4.78, 5) is 0. The zero-order valence-corrected chi connectivity index (χ0v) is 28.2. The van der Waals surface area contributed by atoms with Crippen LogP contribution in [0.3, 0.4) is 0 Å². The van der Waals surface area contributed by atoms with E-state index in [-0.39, 0.29) is 0 Å². The van der Waals surface area contributed by atoms with Crippen LogP contribution in [0.5, 0.6) is 0 Å². The summed E-state index contributed by atoms with van der Waals surface area (Å²) in [7, 11) is 0. The third kappa shape index (κ3) is 4.63. The quantitative estimate of drug-likeness (QED) is 0.187. The van der Waals surface area contributed by atoms with Crippen LogP contribution in [-0.4, -0.2) is 0 Å². The van der Waals surface area contributed by atoms with E-state index in [2.05, 4.69) is 146 Å². The Labute approximate surface area is 297 Å². The summed E-state index contributed by atoms with van der Waals surface area (Å²) >= 11 is 1.86. The lowest BCUT2D eigenvalue weighted by Crippen LogP contribution is -1.82. The lowest BCUT2D eigenvalue weighted by atomic mass is 9.96. The minimum atomic E-state index is 0.919. The zero-order valence-electron chi connectivity index (χ0n) is 27.4. The summed E-state index contributed by atoms with van der Waals surface area (Å²) in [5.41, 5.74) is 13.3. The summed E-state index contributed by atoms with van der Waals surface area (Å²) in [6.45, 7) is 0. The molecule has 2 nitrogen and oxygen atoms in total. The molecule has 0 aliphatic carbocycles. The Hall–Kier alpha value is -6.42. The number of thiophene rings is 1. The third-order valence-corrected chi connectivity index (χ3v) is 11.5. The highest BCUT2D eigenvalue weighted by Gasteiger charge is 2.13. The van der Waals surface area contributed by atoms with Crippen LogP contribution >= 0.6 is 11.3 Å². The molecule has 8 aromatic carbocycles. The van der Waals surface area contributed by atoms with Gasteiger partial charge < -0.3 is 8.83 Å². The highest BCUT2D eigenvalue weighted by atomic mass is 32.1. The molecule has 0 unspecified atom stereocenters. The van der Waals surface area contributed by atoms with Gasteiger partial charge in [-0.3, -0.25) is 0 Å². The number of furan rings is 2. The van der Waals surface area contributed by atoms with Crippen molar-refractivity contribution in [1.29, 1.82) is 0 Å². The average Bonchev–Trinajstić information content (AvgIpc) is 3.88. The van der Waals surface area contributed by atoms with Gasteiger partial charge in [0.15, 0.2) is 0 Å². The molecule has 0 radical (unpaired) electrons. The van der Waals surface area contributed by atoms with Gasteiger partial charge in [0.05, 0.1) is 0 Å². The molecule has 0 saturated carbocycles. The van der Waals surface area contributed by atoms with Gasteiger partial charge in [-0.15, -0.1) is 11.3 Å². The molecule has 0 aliphatic rings. The first kappa shape index (κ1) is 28.4. The molecule has 0 fully saturated rings. The second-order valence-corrected chi connectivity index (χ2v) is 14.4. The molecule has 11 aromatic rings. The van der Waals surface area contributed by atoms with E-state index in [0.717, 1.165) is 43.9 Å². The van der Waals surface area contributed by atoms with Gasteiger partial charge in [-0.05, 0) is 111 Å². The number of fused-ring (bicyclic) bond motifs is 9. The molecule has 0 N–H and O–H groups in total. The predicted octanol–water partition coefficient (Wildman–Crippen LogP) is 14.5. The van der Waals surface area contributed by atoms with Gasteiger partial charge in [-0.2, -0.15) is 0 Å². The molecule has 0 saturated heterocycles. The van der Waals surface area contributed by atoms with Crippen LogP contribution in [0.1, 0.15) is 0 Å². The Bertz CT molecular complexity index is 3140. The third-order valence-electron chi connectivity index (χ3n) is 10.3. The van der Waals surface area contributed by atoms with E-state index in [1.54, 1.807) is 0 Å². The molecule has 238 valence electrons. The number of hydrogen-bond acceptors (Lipinski definition) is 3. The summed E-state index contributed by atoms with van der Waals surface area (Å²) in [6.07, 6.45) is 0. The monoisotopic (exact) mass is 668 g/mol. The van der Waals surface area contributed by atoms with E-state index >= 15 is 0 Å². The van der Waals surface area contributed by atoms with Crippen LogP contribution in [-0.2, 0) is 0 Å². The van der Waals surface area contributed by atoms with E-state index in [9.17, 15) is 0 Å². The molecular formula is C48H28O2S. The summed E-state index contributed by atoms with van der Waals surface area (Å²) in [6, 6.07) is 61.1. The molecule has 3 aromatic heterocycles. The van der Waals surface area contributed by atoms with E-state index < -0.39 is 0 Å². The molecule has 11 rings (SSSR count). The molecule has 3 heterocycles. The zero-order chi connectivity index (χ0) is 33.5. The predicted molar refractivity (Wildman–Crippen MR) is 216 cm³/mol. The molecular weight excluding hydrogens is 641 g/mol. The van der Waals surface area contributed by atoms with E-state index in [1.807, 2.05) is 35.6 Å². The topological polar surface area (TPSA) is 26.3 Å². The van der Waals surface area contributed by atoms with Crippen molar-refractivity contribution >= 4 is 75.4 Å². The fraction of sp³-hybridized carbons (Fsp3) is 0. The average molecular weight is 669 g/mol. The molecule has 3 heteroatoms. The van der Waals surface area contributed by atoms with Crippen LogP contribution in [0.2, 0.25) is 0 Å². The summed E-state index contributed by atoms with van der Waals surface area (Å²) in [5, 5.41) is 7.19. The molecule has 51 heavy (non-hydrogen) atoms.